The molecule has 0 spiro atoms. The van der Waals surface area contributed by atoms with Gasteiger partial charge in [0.2, 0.25) is 0 Å². The number of carbonyl (C=O) groups excluding carboxylic acids is 1. The number of ether oxygens (including phenoxy) is 1. The first kappa shape index (κ1) is 13.2. The van der Waals surface area contributed by atoms with Crippen LogP contribution in [0.2, 0.25) is 0 Å². The Labute approximate surface area is 108 Å². The molecule has 18 heavy (non-hydrogen) atoms. The topological polar surface area (TPSA) is 57.0 Å². The molecule has 1 unspecified atom stereocenters. The number of rotatable bonds is 6. The van der Waals surface area contributed by atoms with Gasteiger partial charge in [0.05, 0.1) is 6.42 Å². The molecule has 0 amide bonds. The second-order valence-corrected chi connectivity index (χ2v) is 5.40. The smallest absolute Gasteiger partial charge is 0.140 e. The van der Waals surface area contributed by atoms with E-state index in [-0.39, 0.29) is 5.78 Å². The summed E-state index contributed by atoms with van der Waals surface area (Å²) in [5.74, 6) is 1.93. The van der Waals surface area contributed by atoms with Crippen LogP contribution in [0.25, 0.3) is 0 Å². The number of aromatic nitrogens is 3. The van der Waals surface area contributed by atoms with E-state index in [1.807, 2.05) is 4.68 Å². The van der Waals surface area contributed by atoms with Crippen LogP contribution in [0.5, 0.6) is 0 Å². The van der Waals surface area contributed by atoms with Crippen LogP contribution in [0.3, 0.4) is 0 Å². The van der Waals surface area contributed by atoms with E-state index in [2.05, 4.69) is 23.9 Å². The van der Waals surface area contributed by atoms with Crippen molar-refractivity contribution < 1.29 is 9.53 Å². The van der Waals surface area contributed by atoms with Crippen molar-refractivity contribution in [3.8, 4) is 0 Å². The van der Waals surface area contributed by atoms with Gasteiger partial charge in [0.25, 0.3) is 0 Å². The largest absolute Gasteiger partial charge is 0.381 e. The lowest BCUT2D eigenvalue weighted by Gasteiger charge is -2.09. The van der Waals surface area contributed by atoms with E-state index in [4.69, 9.17) is 4.74 Å². The summed E-state index contributed by atoms with van der Waals surface area (Å²) in [6.45, 7) is 6.59. The van der Waals surface area contributed by atoms with Gasteiger partial charge in [-0.15, -0.1) is 0 Å². The van der Waals surface area contributed by atoms with Crippen LogP contribution < -0.4 is 0 Å². The van der Waals surface area contributed by atoms with Gasteiger partial charge in [-0.2, -0.15) is 5.10 Å². The quantitative estimate of drug-likeness (QED) is 0.768. The van der Waals surface area contributed by atoms with Crippen LogP contribution in [0.4, 0.5) is 0 Å². The minimum Gasteiger partial charge on any atom is -0.381 e. The van der Waals surface area contributed by atoms with Crippen molar-refractivity contribution in [1.82, 2.24) is 14.8 Å². The molecule has 100 valence electrons. The molecular weight excluding hydrogens is 230 g/mol. The molecule has 0 radical (unpaired) electrons. The molecule has 1 fully saturated rings. The van der Waals surface area contributed by atoms with E-state index < -0.39 is 0 Å². The molecule has 0 aromatic carbocycles. The maximum atomic E-state index is 12.0. The highest BCUT2D eigenvalue weighted by Gasteiger charge is 2.20. The summed E-state index contributed by atoms with van der Waals surface area (Å²) in [6, 6.07) is 0. The Morgan fingerprint density at radius 1 is 1.61 bits per heavy atom. The Morgan fingerprint density at radius 2 is 2.44 bits per heavy atom. The van der Waals surface area contributed by atoms with Crippen molar-refractivity contribution in [2.45, 2.75) is 39.7 Å². The molecular formula is C13H21N3O2. The number of ketones is 1. The lowest BCUT2D eigenvalue weighted by atomic mass is 10.0. The molecule has 2 rings (SSSR count). The Hall–Kier alpha value is -1.23. The van der Waals surface area contributed by atoms with E-state index in [0.29, 0.717) is 24.7 Å². The van der Waals surface area contributed by atoms with Gasteiger partial charge in [0.15, 0.2) is 0 Å². The van der Waals surface area contributed by atoms with Crippen molar-refractivity contribution in [2.75, 3.05) is 13.2 Å². The van der Waals surface area contributed by atoms with Crippen molar-refractivity contribution >= 4 is 5.78 Å². The lowest BCUT2D eigenvalue weighted by molar-refractivity contribution is -0.119. The molecule has 1 atom stereocenters. The molecule has 1 aliphatic rings. The van der Waals surface area contributed by atoms with Gasteiger partial charge in [-0.25, -0.2) is 9.67 Å². The van der Waals surface area contributed by atoms with Crippen LogP contribution in [0, 0.1) is 11.8 Å². The summed E-state index contributed by atoms with van der Waals surface area (Å²) in [6.07, 6.45) is 3.53. The van der Waals surface area contributed by atoms with Crippen LogP contribution >= 0.6 is 0 Å². The van der Waals surface area contributed by atoms with Gasteiger partial charge in [-0.3, -0.25) is 4.79 Å². The Balaban J connectivity index is 1.88. The average Bonchev–Trinajstić information content (AvgIpc) is 2.91. The monoisotopic (exact) mass is 251 g/mol. The Morgan fingerprint density at radius 3 is 3.11 bits per heavy atom. The normalized spacial score (nSPS) is 19.6. The number of hydrogen-bond acceptors (Lipinski definition) is 4. The second-order valence-electron chi connectivity index (χ2n) is 5.40. The fourth-order valence-electron chi connectivity index (χ4n) is 2.24. The van der Waals surface area contributed by atoms with Gasteiger partial charge < -0.3 is 4.74 Å². The van der Waals surface area contributed by atoms with Gasteiger partial charge in [0.1, 0.15) is 17.9 Å². The highest BCUT2D eigenvalue weighted by Crippen LogP contribution is 2.17. The fraction of sp³-hybridized carbons (Fsp3) is 0.769. The van der Waals surface area contributed by atoms with Gasteiger partial charge in [-0.1, -0.05) is 13.8 Å². The molecule has 0 aliphatic carbocycles. The van der Waals surface area contributed by atoms with Gasteiger partial charge in [0, 0.05) is 26.2 Å². The maximum absolute atomic E-state index is 12.0. The number of hydrogen-bond donors (Lipinski definition) is 0. The van der Waals surface area contributed by atoms with E-state index >= 15 is 0 Å². The van der Waals surface area contributed by atoms with Crippen LogP contribution in [0.1, 0.15) is 32.5 Å². The van der Waals surface area contributed by atoms with Crippen LogP contribution in [-0.2, 0) is 22.5 Å². The zero-order chi connectivity index (χ0) is 13.0. The SMILES string of the molecule is CC(C)Cn1ncnc1CC(=O)CC1CCOC1. The highest BCUT2D eigenvalue weighted by molar-refractivity contribution is 5.80. The number of Topliss-reactive ketones (excluding diaryl/α,β-unsaturated/α-hetero) is 1. The Kier molecular flexibility index (Phi) is 4.47. The summed E-state index contributed by atoms with van der Waals surface area (Å²) >= 11 is 0. The summed E-state index contributed by atoms with van der Waals surface area (Å²) in [4.78, 5) is 16.2. The molecule has 2 heterocycles. The molecule has 5 heteroatoms. The lowest BCUT2D eigenvalue weighted by Crippen LogP contribution is -2.16. The molecule has 1 saturated heterocycles. The predicted octanol–water partition coefficient (Wildman–Crippen LogP) is 1.47. The van der Waals surface area contributed by atoms with E-state index in [0.717, 1.165) is 32.0 Å². The first-order valence-electron chi connectivity index (χ1n) is 6.61. The van der Waals surface area contributed by atoms with Gasteiger partial charge >= 0.3 is 0 Å². The molecule has 1 aromatic rings. The number of carbonyl (C=O) groups is 1. The molecule has 5 nitrogen and oxygen atoms in total. The average molecular weight is 251 g/mol. The maximum Gasteiger partial charge on any atom is 0.140 e. The Bertz CT molecular complexity index is 395. The van der Waals surface area contributed by atoms with Gasteiger partial charge in [-0.05, 0) is 18.3 Å². The van der Waals surface area contributed by atoms with Crippen LogP contribution in [0.15, 0.2) is 6.33 Å². The van der Waals surface area contributed by atoms with Crippen molar-refractivity contribution in [3.05, 3.63) is 12.2 Å². The minimum absolute atomic E-state index is 0.239. The molecule has 0 bridgehead atoms. The molecule has 1 aromatic heterocycles. The first-order chi connectivity index (χ1) is 8.65. The minimum atomic E-state index is 0.239. The van der Waals surface area contributed by atoms with Crippen molar-refractivity contribution in [3.63, 3.8) is 0 Å². The summed E-state index contributed by atoms with van der Waals surface area (Å²) in [5, 5.41) is 4.17. The molecule has 0 saturated carbocycles. The zero-order valence-electron chi connectivity index (χ0n) is 11.1. The zero-order valence-corrected chi connectivity index (χ0v) is 11.1. The third-order valence-electron chi connectivity index (χ3n) is 3.13. The van der Waals surface area contributed by atoms with E-state index in [1.54, 1.807) is 0 Å². The standard InChI is InChI=1S/C13H21N3O2/c1-10(2)7-16-13(14-9-15-16)6-12(17)5-11-3-4-18-8-11/h9-11H,3-8H2,1-2H3. The van der Waals surface area contributed by atoms with E-state index in [1.165, 1.54) is 6.33 Å². The third kappa shape index (κ3) is 3.63. The third-order valence-corrected chi connectivity index (χ3v) is 3.13. The fourth-order valence-corrected chi connectivity index (χ4v) is 2.24. The highest BCUT2D eigenvalue weighted by atomic mass is 16.5. The molecule has 0 N–H and O–H groups in total. The van der Waals surface area contributed by atoms with Crippen molar-refractivity contribution in [1.29, 1.82) is 0 Å². The number of nitrogens with zero attached hydrogens (tertiary/aromatic N) is 3. The first-order valence-corrected chi connectivity index (χ1v) is 6.61. The van der Waals surface area contributed by atoms with Crippen LogP contribution in [-0.4, -0.2) is 33.8 Å². The van der Waals surface area contributed by atoms with Crippen molar-refractivity contribution in [2.24, 2.45) is 11.8 Å². The summed E-state index contributed by atoms with van der Waals surface area (Å²) in [7, 11) is 0. The summed E-state index contributed by atoms with van der Waals surface area (Å²) in [5.41, 5.74) is 0. The molecule has 1 aliphatic heterocycles. The summed E-state index contributed by atoms with van der Waals surface area (Å²) < 4.78 is 7.13. The van der Waals surface area contributed by atoms with E-state index in [9.17, 15) is 4.79 Å². The second kappa shape index (κ2) is 6.09. The predicted molar refractivity (Wildman–Crippen MR) is 67.1 cm³/mol.